The van der Waals surface area contributed by atoms with Gasteiger partial charge in [0.25, 0.3) is 0 Å². The first-order valence-corrected chi connectivity index (χ1v) is 5.45. The minimum absolute atomic E-state index is 0.404. The Labute approximate surface area is 104 Å². The van der Waals surface area contributed by atoms with Crippen LogP contribution in [-0.4, -0.2) is 5.24 Å². The first-order chi connectivity index (χ1) is 7.06. The van der Waals surface area contributed by atoms with Gasteiger partial charge in [0.15, 0.2) is 0 Å². The Bertz CT molecular complexity index is 387. The minimum atomic E-state index is -0.423. The molecule has 0 aliphatic carbocycles. The number of rotatable bonds is 4. The van der Waals surface area contributed by atoms with Crippen molar-refractivity contribution in [3.63, 3.8) is 0 Å². The smallest absolute Gasteiger partial charge is 0.229 e. The van der Waals surface area contributed by atoms with Gasteiger partial charge in [-0.25, -0.2) is 0 Å². The summed E-state index contributed by atoms with van der Waals surface area (Å²) in [5.41, 5.74) is 0.754. The van der Waals surface area contributed by atoms with Gasteiger partial charge >= 0.3 is 0 Å². The van der Waals surface area contributed by atoms with E-state index >= 15 is 0 Å². The number of hydrogen-bond donors (Lipinski definition) is 0. The van der Waals surface area contributed by atoms with Crippen LogP contribution in [0.2, 0.25) is 10.0 Å². The molecule has 0 heterocycles. The van der Waals surface area contributed by atoms with Crippen molar-refractivity contribution in [1.82, 2.24) is 0 Å². The van der Waals surface area contributed by atoms with E-state index in [1.807, 2.05) is 0 Å². The Kier molecular flexibility index (Phi) is 4.65. The zero-order valence-corrected chi connectivity index (χ0v) is 10.1. The monoisotopic (exact) mass is 262 g/mol. The third-order valence-corrected chi connectivity index (χ3v) is 3.02. The molecule has 80 valence electrons. The summed E-state index contributed by atoms with van der Waals surface area (Å²) < 4.78 is 0. The van der Waals surface area contributed by atoms with Crippen LogP contribution in [0.15, 0.2) is 30.9 Å². The second kappa shape index (κ2) is 5.55. The first kappa shape index (κ1) is 12.6. The Balaban J connectivity index is 3.06. The molecule has 0 aliphatic heterocycles. The van der Waals surface area contributed by atoms with E-state index in [0.29, 0.717) is 16.5 Å². The Morgan fingerprint density at radius 2 is 2.07 bits per heavy atom. The summed E-state index contributed by atoms with van der Waals surface area (Å²) in [5.74, 6) is -0.404. The maximum absolute atomic E-state index is 11.2. The maximum atomic E-state index is 11.2. The molecule has 0 saturated heterocycles. The third-order valence-electron chi connectivity index (χ3n) is 2.02. The second-order valence-electron chi connectivity index (χ2n) is 3.05. The zero-order chi connectivity index (χ0) is 11.4. The highest BCUT2D eigenvalue weighted by Gasteiger charge is 2.17. The Hall–Kier alpha value is -0.500. The molecule has 0 saturated carbocycles. The van der Waals surface area contributed by atoms with Gasteiger partial charge < -0.3 is 0 Å². The van der Waals surface area contributed by atoms with E-state index in [-0.39, 0.29) is 0 Å². The normalized spacial score (nSPS) is 12.2. The quantitative estimate of drug-likeness (QED) is 0.580. The summed E-state index contributed by atoms with van der Waals surface area (Å²) in [6.07, 6.45) is 2.13. The highest BCUT2D eigenvalue weighted by molar-refractivity contribution is 6.64. The van der Waals surface area contributed by atoms with E-state index in [1.165, 1.54) is 0 Å². The van der Waals surface area contributed by atoms with Crippen molar-refractivity contribution in [3.05, 3.63) is 46.5 Å². The summed E-state index contributed by atoms with van der Waals surface area (Å²) in [7, 11) is 0. The van der Waals surface area contributed by atoms with Gasteiger partial charge in [0.2, 0.25) is 5.24 Å². The summed E-state index contributed by atoms with van der Waals surface area (Å²) in [5, 5.41) is 0.453. The van der Waals surface area contributed by atoms with Crippen molar-refractivity contribution >= 4 is 40.0 Å². The SMILES string of the molecule is C=CC[C@@H](C(=O)Cl)c1ccc(Cl)c(Cl)c1. The van der Waals surface area contributed by atoms with Crippen LogP contribution < -0.4 is 0 Å². The molecule has 1 aromatic rings. The minimum Gasteiger partial charge on any atom is -0.281 e. The standard InChI is InChI=1S/C11H9Cl3O/c1-2-3-8(11(14)15)7-4-5-9(12)10(13)6-7/h2,4-6,8H,1,3H2/t8-/m1/s1. The van der Waals surface area contributed by atoms with Crippen molar-refractivity contribution in [2.75, 3.05) is 0 Å². The largest absolute Gasteiger partial charge is 0.281 e. The fraction of sp³-hybridized carbons (Fsp3) is 0.182. The molecule has 4 heteroatoms. The number of carbonyl (C=O) groups is 1. The second-order valence-corrected chi connectivity index (χ2v) is 4.24. The zero-order valence-electron chi connectivity index (χ0n) is 7.84. The average Bonchev–Trinajstić information content (AvgIpc) is 2.18. The van der Waals surface area contributed by atoms with E-state index in [9.17, 15) is 4.79 Å². The third kappa shape index (κ3) is 3.23. The van der Waals surface area contributed by atoms with Crippen molar-refractivity contribution < 1.29 is 4.79 Å². The molecule has 0 unspecified atom stereocenters. The van der Waals surface area contributed by atoms with Crippen LogP contribution in [0.5, 0.6) is 0 Å². The topological polar surface area (TPSA) is 17.1 Å². The molecule has 1 atom stereocenters. The molecule has 0 amide bonds. The van der Waals surface area contributed by atoms with Crippen molar-refractivity contribution in [2.45, 2.75) is 12.3 Å². The number of allylic oxidation sites excluding steroid dienone is 1. The van der Waals surface area contributed by atoms with E-state index in [0.717, 1.165) is 5.56 Å². The lowest BCUT2D eigenvalue weighted by Crippen LogP contribution is -2.05. The van der Waals surface area contributed by atoms with E-state index in [2.05, 4.69) is 6.58 Å². The molecule has 1 nitrogen and oxygen atoms in total. The van der Waals surface area contributed by atoms with Crippen LogP contribution in [0.4, 0.5) is 0 Å². The van der Waals surface area contributed by atoms with Gasteiger partial charge in [0.05, 0.1) is 16.0 Å². The first-order valence-electron chi connectivity index (χ1n) is 4.31. The lowest BCUT2D eigenvalue weighted by molar-refractivity contribution is -0.112. The number of halogens is 3. The van der Waals surface area contributed by atoms with Crippen LogP contribution in [0, 0.1) is 0 Å². The molecule has 1 aromatic carbocycles. The average molecular weight is 264 g/mol. The molecular formula is C11H9Cl3O. The molecule has 1 rings (SSSR count). The molecule has 0 N–H and O–H groups in total. The summed E-state index contributed by atoms with van der Waals surface area (Å²) in [4.78, 5) is 11.2. The number of carbonyl (C=O) groups excluding carboxylic acids is 1. The van der Waals surface area contributed by atoms with Gasteiger partial charge in [-0.1, -0.05) is 35.3 Å². The van der Waals surface area contributed by atoms with Gasteiger partial charge in [0.1, 0.15) is 0 Å². The van der Waals surface area contributed by atoms with Crippen LogP contribution in [0.1, 0.15) is 17.9 Å². The van der Waals surface area contributed by atoms with Gasteiger partial charge in [0, 0.05) is 0 Å². The molecule has 0 spiro atoms. The molecule has 0 fully saturated rings. The number of hydrogen-bond acceptors (Lipinski definition) is 1. The maximum Gasteiger partial charge on any atom is 0.229 e. The molecule has 0 aromatic heterocycles. The van der Waals surface area contributed by atoms with Gasteiger partial charge in [-0.3, -0.25) is 4.79 Å². The van der Waals surface area contributed by atoms with Crippen LogP contribution in [0.25, 0.3) is 0 Å². The lowest BCUT2D eigenvalue weighted by Gasteiger charge is -2.11. The Morgan fingerprint density at radius 3 is 2.53 bits per heavy atom. The highest BCUT2D eigenvalue weighted by atomic mass is 35.5. The van der Waals surface area contributed by atoms with E-state index < -0.39 is 11.2 Å². The summed E-state index contributed by atoms with van der Waals surface area (Å²) >= 11 is 17.1. The molecular weight excluding hydrogens is 254 g/mol. The van der Waals surface area contributed by atoms with Crippen molar-refractivity contribution in [2.24, 2.45) is 0 Å². The van der Waals surface area contributed by atoms with Crippen molar-refractivity contribution in [3.8, 4) is 0 Å². The summed E-state index contributed by atoms with van der Waals surface area (Å²) in [6.45, 7) is 3.58. The van der Waals surface area contributed by atoms with Crippen LogP contribution in [-0.2, 0) is 4.79 Å². The van der Waals surface area contributed by atoms with Crippen LogP contribution >= 0.6 is 34.8 Å². The molecule has 0 radical (unpaired) electrons. The van der Waals surface area contributed by atoms with Gasteiger partial charge in [-0.15, -0.1) is 6.58 Å². The highest BCUT2D eigenvalue weighted by Crippen LogP contribution is 2.29. The predicted octanol–water partition coefficient (Wildman–Crippen LogP) is 4.42. The van der Waals surface area contributed by atoms with Crippen LogP contribution in [0.3, 0.4) is 0 Å². The number of benzene rings is 1. The fourth-order valence-electron chi connectivity index (χ4n) is 1.26. The van der Waals surface area contributed by atoms with Gasteiger partial charge in [-0.05, 0) is 35.7 Å². The van der Waals surface area contributed by atoms with E-state index in [4.69, 9.17) is 34.8 Å². The molecule has 15 heavy (non-hydrogen) atoms. The summed E-state index contributed by atoms with van der Waals surface area (Å²) in [6, 6.07) is 5.04. The molecule has 0 bridgehead atoms. The van der Waals surface area contributed by atoms with Crippen molar-refractivity contribution in [1.29, 1.82) is 0 Å². The molecule has 0 aliphatic rings. The van der Waals surface area contributed by atoms with Gasteiger partial charge in [-0.2, -0.15) is 0 Å². The van der Waals surface area contributed by atoms with E-state index in [1.54, 1.807) is 24.3 Å². The Morgan fingerprint density at radius 1 is 1.40 bits per heavy atom. The fourth-order valence-corrected chi connectivity index (χ4v) is 1.78. The predicted molar refractivity (Wildman–Crippen MR) is 64.9 cm³/mol. The lowest BCUT2D eigenvalue weighted by atomic mass is 9.97.